The molecule has 0 heterocycles. The molecule has 0 spiro atoms. The number of hydrogen-bond donors (Lipinski definition) is 2. The fraction of sp³-hybridized carbons (Fsp3) is 0.650. The maximum absolute atomic E-state index is 11.0. The molecule has 123 valence electrons. The van der Waals surface area contributed by atoms with Crippen molar-refractivity contribution in [2.75, 3.05) is 0 Å². The zero-order valence-corrected chi connectivity index (χ0v) is 15.0. The molecule has 3 heteroatoms. The van der Waals surface area contributed by atoms with Gasteiger partial charge in [-0.3, -0.25) is 0 Å². The molecule has 2 nitrogen and oxygen atoms in total. The molecular weight excluding hydrogens is 324 g/mol. The summed E-state index contributed by atoms with van der Waals surface area (Å²) in [4.78, 5) is 0. The van der Waals surface area contributed by atoms with Crippen molar-refractivity contribution < 1.29 is 25.9 Å². The van der Waals surface area contributed by atoms with Crippen molar-refractivity contribution in [1.82, 2.24) is 0 Å². The van der Waals surface area contributed by atoms with E-state index in [9.17, 15) is 10.2 Å². The number of rotatable bonds is 0. The van der Waals surface area contributed by atoms with Crippen LogP contribution in [0.25, 0.3) is 0 Å². The van der Waals surface area contributed by atoms with Gasteiger partial charge in [0.2, 0.25) is 0 Å². The Labute approximate surface area is 146 Å². The van der Waals surface area contributed by atoms with Crippen molar-refractivity contribution in [2.45, 2.75) is 44.8 Å². The van der Waals surface area contributed by atoms with Crippen LogP contribution in [0.15, 0.2) is 36.5 Å². The predicted octanol–water partition coefficient (Wildman–Crippen LogP) is 2.96. The second-order valence-corrected chi connectivity index (χ2v) is 8.73. The van der Waals surface area contributed by atoms with E-state index >= 15 is 0 Å². The molecule has 23 heavy (non-hydrogen) atoms. The summed E-state index contributed by atoms with van der Waals surface area (Å²) in [6.45, 7) is 4.57. The molecule has 1 fully saturated rings. The van der Waals surface area contributed by atoms with Crippen LogP contribution in [0, 0.1) is 39.2 Å². The molecule has 0 aromatic carbocycles. The molecule has 4 aliphatic rings. The van der Waals surface area contributed by atoms with Gasteiger partial charge >= 0.3 is 146 Å². The average Bonchev–Trinajstić information content (AvgIpc) is 2.80. The van der Waals surface area contributed by atoms with Crippen molar-refractivity contribution in [2.24, 2.45) is 34.5 Å². The van der Waals surface area contributed by atoms with E-state index < -0.39 is 5.60 Å². The zero-order chi connectivity index (χ0) is 16.5. The Kier molecular flexibility index (Phi) is 3.45. The van der Waals surface area contributed by atoms with Gasteiger partial charge in [-0.2, -0.15) is 0 Å². The van der Waals surface area contributed by atoms with Gasteiger partial charge in [0, 0.05) is 0 Å². The van der Waals surface area contributed by atoms with Crippen LogP contribution in [0.1, 0.15) is 33.1 Å². The second-order valence-electron chi connectivity index (χ2n) is 8.41. The second kappa shape index (κ2) is 4.98. The molecule has 4 rings (SSSR count). The fourth-order valence-corrected chi connectivity index (χ4v) is 6.29. The van der Waals surface area contributed by atoms with Crippen LogP contribution < -0.4 is 0 Å². The Morgan fingerprint density at radius 1 is 1.13 bits per heavy atom. The van der Waals surface area contributed by atoms with E-state index in [-0.39, 0.29) is 16.9 Å². The summed E-state index contributed by atoms with van der Waals surface area (Å²) in [5, 5.41) is 20.9. The van der Waals surface area contributed by atoms with Crippen LogP contribution in [-0.2, 0) is 15.7 Å². The summed E-state index contributed by atoms with van der Waals surface area (Å²) in [5.41, 5.74) is -1.00. The van der Waals surface area contributed by atoms with Gasteiger partial charge in [-0.25, -0.2) is 0 Å². The van der Waals surface area contributed by atoms with E-state index in [0.717, 1.165) is 19.3 Å². The first-order valence-corrected chi connectivity index (χ1v) is 9.35. The van der Waals surface area contributed by atoms with Gasteiger partial charge in [0.1, 0.15) is 0 Å². The monoisotopic (exact) mass is 349 g/mol. The first-order chi connectivity index (χ1) is 10.8. The van der Waals surface area contributed by atoms with Crippen LogP contribution in [0.2, 0.25) is 0 Å². The normalized spacial score (nSPS) is 56.6. The predicted molar refractivity (Wildman–Crippen MR) is 86.3 cm³/mol. The molecule has 0 amide bonds. The van der Waals surface area contributed by atoms with E-state index in [1.54, 1.807) is 0 Å². The third-order valence-corrected chi connectivity index (χ3v) is 7.98. The van der Waals surface area contributed by atoms with Crippen LogP contribution in [0.3, 0.4) is 0 Å². The average molecular weight is 349 g/mol. The Bertz CT molecular complexity index is 659. The summed E-state index contributed by atoms with van der Waals surface area (Å²) < 4.78 is 3.02. The van der Waals surface area contributed by atoms with Crippen molar-refractivity contribution in [3.63, 3.8) is 0 Å². The van der Waals surface area contributed by atoms with E-state index in [2.05, 4.69) is 58.5 Å². The molecule has 0 saturated heterocycles. The van der Waals surface area contributed by atoms with Crippen LogP contribution >= 0.6 is 0 Å². The molecule has 0 aromatic rings. The van der Waals surface area contributed by atoms with Gasteiger partial charge in [-0.15, -0.1) is 0 Å². The first kappa shape index (κ1) is 15.9. The van der Waals surface area contributed by atoms with Crippen LogP contribution in [0.5, 0.6) is 0 Å². The van der Waals surface area contributed by atoms with Crippen molar-refractivity contribution in [3.8, 4) is 4.69 Å². The Hall–Kier alpha value is -0.548. The molecule has 0 radical (unpaired) electrons. The summed E-state index contributed by atoms with van der Waals surface area (Å²) in [7, 11) is 0. The van der Waals surface area contributed by atoms with Crippen molar-refractivity contribution in [1.29, 1.82) is 0 Å². The number of aliphatic hydroxyl groups is 2. The zero-order valence-electron chi connectivity index (χ0n) is 13.8. The molecule has 4 unspecified atom stereocenters. The number of allylic oxidation sites excluding steroid dienone is 4. The van der Waals surface area contributed by atoms with E-state index in [1.807, 2.05) is 12.2 Å². The molecule has 4 aliphatic carbocycles. The van der Waals surface area contributed by atoms with Gasteiger partial charge in [0.15, 0.2) is 0 Å². The summed E-state index contributed by atoms with van der Waals surface area (Å²) in [6, 6.07) is 0. The SMILES string of the molecule is C[C@]12C=C[C@H](O)CC1C=CC1C2CC[C@@]2(C)C1C=C[C@@]2(O)[C]#[Cr]. The Morgan fingerprint density at radius 3 is 2.65 bits per heavy atom. The topological polar surface area (TPSA) is 40.5 Å². The first-order valence-electron chi connectivity index (χ1n) is 8.71. The number of hydrogen-bond acceptors (Lipinski definition) is 2. The molecule has 0 bridgehead atoms. The summed E-state index contributed by atoms with van der Waals surface area (Å²) >= 11 is 2.80. The third kappa shape index (κ3) is 1.95. The summed E-state index contributed by atoms with van der Waals surface area (Å²) in [6.07, 6.45) is 15.8. The Morgan fingerprint density at radius 2 is 1.91 bits per heavy atom. The standard InChI is InChI=1S/C20H25O2.Cr/c1-18-9-6-14(21)12-13(18)4-5-15-16(18)7-10-19(2)17(15)8-11-20(19,3)22;/h4-6,8-9,11,13-17,21-22H,7,10,12H2,1-2H3;/t13?,14-,15?,16?,17?,18-,19-,20-;/m0./s1. The number of fused-ring (bicyclic) bond motifs is 5. The fourth-order valence-electron chi connectivity index (χ4n) is 5.82. The van der Waals surface area contributed by atoms with Gasteiger partial charge in [-0.1, -0.05) is 0 Å². The molecule has 2 N–H and O–H groups in total. The quantitative estimate of drug-likeness (QED) is 0.660. The Balaban J connectivity index is 1.74. The molecule has 0 aliphatic heterocycles. The van der Waals surface area contributed by atoms with Gasteiger partial charge in [-0.05, 0) is 0 Å². The van der Waals surface area contributed by atoms with Crippen LogP contribution in [0.4, 0.5) is 0 Å². The molecule has 1 saturated carbocycles. The molecular formula is C20H25CrO2. The number of aliphatic hydroxyl groups excluding tert-OH is 1. The van der Waals surface area contributed by atoms with Gasteiger partial charge in [0.25, 0.3) is 0 Å². The minimum atomic E-state index is -0.952. The summed E-state index contributed by atoms with van der Waals surface area (Å²) in [5.74, 6) is 1.80. The van der Waals surface area contributed by atoms with Gasteiger partial charge < -0.3 is 0 Å². The van der Waals surface area contributed by atoms with E-state index in [0.29, 0.717) is 23.7 Å². The van der Waals surface area contributed by atoms with Crippen LogP contribution in [-0.4, -0.2) is 21.9 Å². The van der Waals surface area contributed by atoms with Crippen molar-refractivity contribution in [3.05, 3.63) is 36.5 Å². The molecule has 0 aromatic heterocycles. The van der Waals surface area contributed by atoms with E-state index in [4.69, 9.17) is 0 Å². The third-order valence-electron chi connectivity index (χ3n) is 7.50. The molecule has 8 atom stereocenters. The minimum absolute atomic E-state index is 0.125. The van der Waals surface area contributed by atoms with E-state index in [1.165, 1.54) is 0 Å². The van der Waals surface area contributed by atoms with Gasteiger partial charge in [0.05, 0.1) is 0 Å². The maximum atomic E-state index is 11.0. The van der Waals surface area contributed by atoms with Crippen molar-refractivity contribution >= 4 is 0 Å².